The Labute approximate surface area is 208 Å². The lowest BCUT2D eigenvalue weighted by atomic mass is 9.96. The van der Waals surface area contributed by atoms with Gasteiger partial charge in [-0.2, -0.15) is 0 Å². The van der Waals surface area contributed by atoms with E-state index in [0.717, 1.165) is 19.3 Å². The fourth-order valence-electron chi connectivity index (χ4n) is 4.01. The van der Waals surface area contributed by atoms with Crippen LogP contribution in [0.2, 0.25) is 0 Å². The van der Waals surface area contributed by atoms with Crippen molar-refractivity contribution in [2.75, 3.05) is 0 Å². The third-order valence-corrected chi connectivity index (χ3v) is 6.56. The van der Waals surface area contributed by atoms with Crippen LogP contribution in [0, 0.1) is 0 Å². The zero-order valence-corrected chi connectivity index (χ0v) is 23.3. The first kappa shape index (κ1) is 35.7. The molecule has 0 bridgehead atoms. The fourth-order valence-corrected chi connectivity index (χ4v) is 4.69. The Morgan fingerprint density at radius 2 is 1.24 bits per heavy atom. The molecule has 0 radical (unpaired) electrons. The average Bonchev–Trinajstić information content (AvgIpc) is 2.68. The van der Waals surface area contributed by atoms with E-state index in [1.165, 1.54) is 90.9 Å². The van der Waals surface area contributed by atoms with Gasteiger partial charge < -0.3 is 26.4 Å². The minimum atomic E-state index is -4.73. The quantitative estimate of drug-likeness (QED) is 0.0817. The predicted octanol–water partition coefficient (Wildman–Crippen LogP) is 6.55. The largest absolute Gasteiger partial charge is 0.469 e. The van der Waals surface area contributed by atoms with Crippen LogP contribution >= 0.6 is 7.82 Å². The lowest BCUT2D eigenvalue weighted by Gasteiger charge is -2.31. The Bertz CT molecular complexity index is 536. The molecule has 0 saturated carbocycles. The Kier molecular flexibility index (Phi) is 21.7. The van der Waals surface area contributed by atoms with Gasteiger partial charge in [-0.3, -0.25) is 9.32 Å². The van der Waals surface area contributed by atoms with Crippen molar-refractivity contribution in [2.45, 2.75) is 155 Å². The summed E-state index contributed by atoms with van der Waals surface area (Å²) in [5.41, 5.74) is -1.44. The lowest BCUT2D eigenvalue weighted by Crippen LogP contribution is -2.43. The van der Waals surface area contributed by atoms with Crippen molar-refractivity contribution in [1.82, 2.24) is 11.5 Å². The van der Waals surface area contributed by atoms with E-state index in [4.69, 9.17) is 14.3 Å². The van der Waals surface area contributed by atoms with Crippen LogP contribution in [0.5, 0.6) is 0 Å². The smallest absolute Gasteiger partial charge is 0.388 e. The van der Waals surface area contributed by atoms with Gasteiger partial charge in [-0.05, 0) is 33.6 Å². The number of hydrogen-bond acceptors (Lipinski definition) is 5. The molecule has 0 aliphatic carbocycles. The summed E-state index contributed by atoms with van der Waals surface area (Å²) in [6, 6.07) is -0.364. The van der Waals surface area contributed by atoms with E-state index in [1.807, 2.05) is 0 Å². The number of amides is 1. The van der Waals surface area contributed by atoms with Gasteiger partial charge in [0.05, 0.1) is 11.7 Å². The molecule has 1 amide bonds. The SMILES string of the molecule is CCCCCCCCCCCCCCCCCC(=O)NC(C)CC(OP(=O)(O)O)C(C)(C)O.N. The first-order valence-electron chi connectivity index (χ1n) is 13.2. The van der Waals surface area contributed by atoms with Gasteiger partial charge in [0.2, 0.25) is 5.91 Å². The highest BCUT2D eigenvalue weighted by atomic mass is 31.2. The van der Waals surface area contributed by atoms with Crippen LogP contribution in [0.15, 0.2) is 0 Å². The Hall–Kier alpha value is -0.500. The number of carbonyl (C=O) groups excluding carboxylic acids is 1. The molecular formula is C25H55N2O6P. The van der Waals surface area contributed by atoms with Crippen molar-refractivity contribution in [2.24, 2.45) is 0 Å². The van der Waals surface area contributed by atoms with Crippen LogP contribution in [0.3, 0.4) is 0 Å². The van der Waals surface area contributed by atoms with E-state index in [1.54, 1.807) is 6.92 Å². The second-order valence-electron chi connectivity index (χ2n) is 10.1. The van der Waals surface area contributed by atoms with Gasteiger partial charge in [0, 0.05) is 12.5 Å². The van der Waals surface area contributed by atoms with Gasteiger partial charge in [0.15, 0.2) is 0 Å². The second kappa shape index (κ2) is 20.7. The van der Waals surface area contributed by atoms with Gasteiger partial charge in [0.1, 0.15) is 0 Å². The summed E-state index contributed by atoms with van der Waals surface area (Å²) in [5, 5.41) is 12.9. The summed E-state index contributed by atoms with van der Waals surface area (Å²) in [6.45, 7) is 6.86. The highest BCUT2D eigenvalue weighted by Crippen LogP contribution is 2.41. The van der Waals surface area contributed by atoms with Gasteiger partial charge in [-0.25, -0.2) is 4.57 Å². The Balaban J connectivity index is 0. The van der Waals surface area contributed by atoms with E-state index in [-0.39, 0.29) is 24.5 Å². The van der Waals surface area contributed by atoms with Crippen LogP contribution in [0.1, 0.15) is 137 Å². The fraction of sp³-hybridized carbons (Fsp3) is 0.960. The van der Waals surface area contributed by atoms with E-state index in [0.29, 0.717) is 6.42 Å². The molecule has 0 saturated heterocycles. The monoisotopic (exact) mass is 510 g/mol. The predicted molar refractivity (Wildman–Crippen MR) is 140 cm³/mol. The number of aliphatic hydroxyl groups is 1. The average molecular weight is 511 g/mol. The molecule has 0 aliphatic rings. The first-order valence-corrected chi connectivity index (χ1v) is 14.7. The topological polar surface area (TPSA) is 151 Å². The molecule has 34 heavy (non-hydrogen) atoms. The zero-order chi connectivity index (χ0) is 25.2. The van der Waals surface area contributed by atoms with Crippen LogP contribution in [0.25, 0.3) is 0 Å². The van der Waals surface area contributed by atoms with E-state index < -0.39 is 19.5 Å². The number of nitrogens with one attached hydrogen (secondary N) is 1. The third-order valence-electron chi connectivity index (χ3n) is 6.03. The maximum Gasteiger partial charge on any atom is 0.469 e. The number of phosphoric acid groups is 1. The molecule has 0 aromatic heterocycles. The summed E-state index contributed by atoms with van der Waals surface area (Å²) in [6.07, 6.45) is 18.7. The molecule has 0 rings (SSSR count). The normalized spacial score (nSPS) is 13.9. The molecule has 0 aliphatic heterocycles. The number of carbonyl (C=O) groups is 1. The van der Waals surface area contributed by atoms with E-state index in [9.17, 15) is 14.5 Å². The third kappa shape index (κ3) is 23.3. The van der Waals surface area contributed by atoms with Crippen molar-refractivity contribution in [1.29, 1.82) is 0 Å². The molecule has 9 heteroatoms. The van der Waals surface area contributed by atoms with Crippen molar-refractivity contribution in [3.8, 4) is 0 Å². The molecule has 0 spiro atoms. The van der Waals surface area contributed by atoms with Crippen molar-refractivity contribution >= 4 is 13.7 Å². The molecular weight excluding hydrogens is 455 g/mol. The molecule has 206 valence electrons. The molecule has 0 fully saturated rings. The molecule has 2 unspecified atom stereocenters. The minimum Gasteiger partial charge on any atom is -0.388 e. The molecule has 7 N–H and O–H groups in total. The number of phosphoric ester groups is 1. The minimum absolute atomic E-state index is 0. The molecule has 8 nitrogen and oxygen atoms in total. The zero-order valence-electron chi connectivity index (χ0n) is 22.4. The summed E-state index contributed by atoms with van der Waals surface area (Å²) in [4.78, 5) is 30.2. The molecule has 0 heterocycles. The summed E-state index contributed by atoms with van der Waals surface area (Å²) >= 11 is 0. The van der Waals surface area contributed by atoms with Gasteiger partial charge in [-0.1, -0.05) is 96.8 Å². The maximum absolute atomic E-state index is 12.1. The highest BCUT2D eigenvalue weighted by molar-refractivity contribution is 7.46. The van der Waals surface area contributed by atoms with Gasteiger partial charge >= 0.3 is 7.82 Å². The van der Waals surface area contributed by atoms with E-state index >= 15 is 0 Å². The molecule has 0 aromatic rings. The summed E-state index contributed by atoms with van der Waals surface area (Å²) in [5.74, 6) is -0.0807. The molecule has 2 atom stereocenters. The van der Waals surface area contributed by atoms with Crippen molar-refractivity contribution in [3.05, 3.63) is 0 Å². The van der Waals surface area contributed by atoms with Crippen LogP contribution in [0.4, 0.5) is 0 Å². The standard InChI is InChI=1S/C25H52NO6P.H3N/c1-5-6-7-8-9-10-11-12-13-14-15-16-17-18-19-20-24(27)26-22(2)21-23(25(3,4)28)32-33(29,30)31;/h22-23,28H,5-21H2,1-4H3,(H,26,27)(H2,29,30,31);1H3. The number of rotatable bonds is 22. The van der Waals surface area contributed by atoms with Crippen LogP contribution in [-0.4, -0.2) is 38.5 Å². The van der Waals surface area contributed by atoms with Crippen LogP contribution < -0.4 is 11.5 Å². The van der Waals surface area contributed by atoms with Crippen molar-refractivity contribution in [3.63, 3.8) is 0 Å². The Morgan fingerprint density at radius 1 is 0.853 bits per heavy atom. The first-order chi connectivity index (χ1) is 15.5. The molecule has 0 aromatic carbocycles. The summed E-state index contributed by atoms with van der Waals surface area (Å²) < 4.78 is 15.8. The number of unbranched alkanes of at least 4 members (excludes halogenated alkanes) is 14. The summed E-state index contributed by atoms with van der Waals surface area (Å²) in [7, 11) is -4.73. The Morgan fingerprint density at radius 3 is 1.59 bits per heavy atom. The lowest BCUT2D eigenvalue weighted by molar-refractivity contribution is -0.122. The van der Waals surface area contributed by atoms with Gasteiger partial charge in [0.25, 0.3) is 0 Å². The van der Waals surface area contributed by atoms with Crippen LogP contribution in [-0.2, 0) is 13.9 Å². The maximum atomic E-state index is 12.1. The van der Waals surface area contributed by atoms with E-state index in [2.05, 4.69) is 12.2 Å². The highest BCUT2D eigenvalue weighted by Gasteiger charge is 2.35. The second-order valence-corrected chi connectivity index (χ2v) is 11.3. The number of hydrogen-bond donors (Lipinski definition) is 5. The van der Waals surface area contributed by atoms with Crippen molar-refractivity contribution < 1.29 is 28.8 Å². The van der Waals surface area contributed by atoms with Gasteiger partial charge in [-0.15, -0.1) is 0 Å².